The predicted molar refractivity (Wildman–Crippen MR) is 76.5 cm³/mol. The van der Waals surface area contributed by atoms with Crippen molar-refractivity contribution in [2.24, 2.45) is 0 Å². The van der Waals surface area contributed by atoms with Gasteiger partial charge < -0.3 is 19.8 Å². The number of carbonyl (C=O) groups excluding carboxylic acids is 2. The van der Waals surface area contributed by atoms with Gasteiger partial charge in [-0.1, -0.05) is 0 Å². The summed E-state index contributed by atoms with van der Waals surface area (Å²) in [6.45, 7) is 3.10. The topological polar surface area (TPSA) is 122 Å². The third-order valence-corrected chi connectivity index (χ3v) is 2.87. The Bertz CT molecular complexity index is 684. The van der Waals surface area contributed by atoms with Crippen LogP contribution < -0.4 is 5.73 Å². The van der Waals surface area contributed by atoms with E-state index in [1.54, 1.807) is 10.9 Å². The molecule has 2 heterocycles. The quantitative estimate of drug-likeness (QED) is 0.756. The van der Waals surface area contributed by atoms with E-state index in [0.29, 0.717) is 24.1 Å². The van der Waals surface area contributed by atoms with Gasteiger partial charge in [-0.05, 0) is 0 Å². The molecule has 0 aromatic carbocycles. The summed E-state index contributed by atoms with van der Waals surface area (Å²) >= 11 is 0. The summed E-state index contributed by atoms with van der Waals surface area (Å²) in [5.74, 6) is -0.698. The van der Waals surface area contributed by atoms with E-state index in [0.717, 1.165) is 0 Å². The monoisotopic (exact) mass is 307 g/mol. The first-order chi connectivity index (χ1) is 10.5. The van der Waals surface area contributed by atoms with Crippen LogP contribution in [0.4, 0.5) is 5.95 Å². The molecule has 22 heavy (non-hydrogen) atoms. The van der Waals surface area contributed by atoms with Crippen molar-refractivity contribution in [3.8, 4) is 0 Å². The molecule has 0 spiro atoms. The molecular weight excluding hydrogens is 290 g/mol. The van der Waals surface area contributed by atoms with Crippen molar-refractivity contribution in [1.82, 2.24) is 19.5 Å². The second-order valence-corrected chi connectivity index (χ2v) is 4.70. The molecule has 0 aliphatic rings. The largest absolute Gasteiger partial charge is 0.462 e. The van der Waals surface area contributed by atoms with Crippen LogP contribution in [0.3, 0.4) is 0 Å². The van der Waals surface area contributed by atoms with Gasteiger partial charge in [0.05, 0.1) is 12.5 Å². The van der Waals surface area contributed by atoms with E-state index in [4.69, 9.17) is 15.2 Å². The summed E-state index contributed by atoms with van der Waals surface area (Å²) in [6, 6.07) is 0. The van der Waals surface area contributed by atoms with Crippen LogP contribution in [0.2, 0.25) is 0 Å². The first-order valence-corrected chi connectivity index (χ1v) is 6.69. The lowest BCUT2D eigenvalue weighted by Crippen LogP contribution is -2.25. The van der Waals surface area contributed by atoms with E-state index in [-0.39, 0.29) is 12.6 Å². The molecule has 118 valence electrons. The van der Waals surface area contributed by atoms with E-state index in [9.17, 15) is 9.59 Å². The fraction of sp³-hybridized carbons (Fsp3) is 0.462. The van der Waals surface area contributed by atoms with Crippen LogP contribution in [0.5, 0.6) is 0 Å². The van der Waals surface area contributed by atoms with Gasteiger partial charge >= 0.3 is 11.9 Å². The molecule has 2 aromatic heterocycles. The maximum Gasteiger partial charge on any atom is 0.303 e. The standard InChI is InChI=1S/C13H17N5O4/c1-8(19)21-6-10(22-9(2)20)3-4-18-7-16-11-5-15-13(14)17-12(11)18/h5,7,10H,3-4,6H2,1-2H3,(H2,14,15,17). The lowest BCUT2D eigenvalue weighted by molar-refractivity contribution is -0.156. The number of aromatic nitrogens is 4. The number of nitrogens with two attached hydrogens (primary N) is 1. The molecule has 0 fully saturated rings. The van der Waals surface area contributed by atoms with Gasteiger partial charge in [0.25, 0.3) is 0 Å². The van der Waals surface area contributed by atoms with Gasteiger partial charge in [-0.15, -0.1) is 0 Å². The number of fused-ring (bicyclic) bond motifs is 1. The first kappa shape index (κ1) is 15.7. The van der Waals surface area contributed by atoms with E-state index in [2.05, 4.69) is 15.0 Å². The molecule has 9 nitrogen and oxygen atoms in total. The van der Waals surface area contributed by atoms with E-state index in [1.165, 1.54) is 20.0 Å². The molecule has 1 atom stereocenters. The van der Waals surface area contributed by atoms with Gasteiger partial charge in [0, 0.05) is 26.8 Å². The summed E-state index contributed by atoms with van der Waals surface area (Å²) in [6.07, 6.45) is 3.06. The van der Waals surface area contributed by atoms with Crippen LogP contribution in [0.25, 0.3) is 11.2 Å². The number of imidazole rings is 1. The number of hydrogen-bond acceptors (Lipinski definition) is 8. The maximum absolute atomic E-state index is 11.1. The Kier molecular flexibility index (Phi) is 4.87. The highest BCUT2D eigenvalue weighted by molar-refractivity contribution is 5.70. The Balaban J connectivity index is 2.04. The molecule has 0 radical (unpaired) electrons. The Labute approximate surface area is 126 Å². The van der Waals surface area contributed by atoms with Crippen LogP contribution in [0, 0.1) is 0 Å². The normalized spacial score (nSPS) is 12.1. The summed E-state index contributed by atoms with van der Waals surface area (Å²) < 4.78 is 11.8. The highest BCUT2D eigenvalue weighted by atomic mass is 16.6. The van der Waals surface area contributed by atoms with Crippen LogP contribution >= 0.6 is 0 Å². The molecule has 0 aliphatic carbocycles. The highest BCUT2D eigenvalue weighted by Gasteiger charge is 2.15. The molecule has 0 amide bonds. The van der Waals surface area contributed by atoms with Gasteiger partial charge in [-0.25, -0.2) is 9.97 Å². The summed E-state index contributed by atoms with van der Waals surface area (Å²) in [4.78, 5) is 34.1. The van der Waals surface area contributed by atoms with Crippen molar-refractivity contribution in [3.63, 3.8) is 0 Å². The molecule has 2 aromatic rings. The minimum Gasteiger partial charge on any atom is -0.462 e. The summed E-state index contributed by atoms with van der Waals surface area (Å²) in [5.41, 5.74) is 6.79. The van der Waals surface area contributed by atoms with Gasteiger partial charge in [-0.2, -0.15) is 4.98 Å². The van der Waals surface area contributed by atoms with Gasteiger partial charge in [0.2, 0.25) is 5.95 Å². The third kappa shape index (κ3) is 4.14. The average molecular weight is 307 g/mol. The van der Waals surface area contributed by atoms with Crippen molar-refractivity contribution in [2.75, 3.05) is 12.3 Å². The third-order valence-electron chi connectivity index (χ3n) is 2.87. The molecule has 0 bridgehead atoms. The minimum atomic E-state index is -0.530. The molecule has 1 unspecified atom stereocenters. The van der Waals surface area contributed by atoms with Gasteiger partial charge in [0.1, 0.15) is 18.2 Å². The average Bonchev–Trinajstić information content (AvgIpc) is 2.83. The molecular formula is C13H17N5O4. The minimum absolute atomic E-state index is 0.0126. The fourth-order valence-corrected chi connectivity index (χ4v) is 1.94. The summed E-state index contributed by atoms with van der Waals surface area (Å²) in [5, 5.41) is 0. The van der Waals surface area contributed by atoms with Gasteiger partial charge in [-0.3, -0.25) is 9.59 Å². The molecule has 0 saturated carbocycles. The number of hydrogen-bond donors (Lipinski definition) is 1. The van der Waals surface area contributed by atoms with Crippen molar-refractivity contribution in [2.45, 2.75) is 32.9 Å². The lowest BCUT2D eigenvalue weighted by Gasteiger charge is -2.16. The second kappa shape index (κ2) is 6.83. The highest BCUT2D eigenvalue weighted by Crippen LogP contribution is 2.12. The van der Waals surface area contributed by atoms with Gasteiger partial charge in [0.15, 0.2) is 5.65 Å². The Morgan fingerprint density at radius 3 is 2.77 bits per heavy atom. The van der Waals surface area contributed by atoms with Crippen LogP contribution in [0.15, 0.2) is 12.5 Å². The lowest BCUT2D eigenvalue weighted by atomic mass is 10.2. The molecule has 2 rings (SSSR count). The number of carbonyl (C=O) groups is 2. The van der Waals surface area contributed by atoms with E-state index >= 15 is 0 Å². The first-order valence-electron chi connectivity index (χ1n) is 6.69. The zero-order chi connectivity index (χ0) is 16.1. The van der Waals surface area contributed by atoms with Crippen LogP contribution in [0.1, 0.15) is 20.3 Å². The number of anilines is 1. The maximum atomic E-state index is 11.1. The molecule has 0 saturated heterocycles. The van der Waals surface area contributed by atoms with Crippen LogP contribution in [-0.2, 0) is 25.6 Å². The number of aryl methyl sites for hydroxylation is 1. The SMILES string of the molecule is CC(=O)OCC(CCn1cnc2cnc(N)nc21)OC(C)=O. The number of rotatable bonds is 6. The Morgan fingerprint density at radius 2 is 2.09 bits per heavy atom. The Hall–Kier alpha value is -2.71. The molecule has 2 N–H and O–H groups in total. The van der Waals surface area contributed by atoms with Crippen molar-refractivity contribution >= 4 is 29.1 Å². The second-order valence-electron chi connectivity index (χ2n) is 4.70. The molecule has 9 heteroatoms. The fourth-order valence-electron chi connectivity index (χ4n) is 1.94. The van der Waals surface area contributed by atoms with Crippen LogP contribution in [-0.4, -0.2) is 44.2 Å². The number of nitrogens with zero attached hydrogens (tertiary/aromatic N) is 4. The Morgan fingerprint density at radius 1 is 1.32 bits per heavy atom. The zero-order valence-corrected chi connectivity index (χ0v) is 12.4. The summed E-state index contributed by atoms with van der Waals surface area (Å²) in [7, 11) is 0. The number of nitrogen functional groups attached to an aromatic ring is 1. The smallest absolute Gasteiger partial charge is 0.303 e. The predicted octanol–water partition coefficient (Wildman–Crippen LogP) is 0.293. The van der Waals surface area contributed by atoms with Crippen molar-refractivity contribution in [3.05, 3.63) is 12.5 Å². The zero-order valence-electron chi connectivity index (χ0n) is 12.4. The number of esters is 2. The van der Waals surface area contributed by atoms with E-state index in [1.807, 2.05) is 0 Å². The van der Waals surface area contributed by atoms with E-state index < -0.39 is 18.0 Å². The molecule has 0 aliphatic heterocycles. The van der Waals surface area contributed by atoms with Crippen molar-refractivity contribution < 1.29 is 19.1 Å². The number of ether oxygens (including phenoxy) is 2. The van der Waals surface area contributed by atoms with Crippen molar-refractivity contribution in [1.29, 1.82) is 0 Å².